The van der Waals surface area contributed by atoms with E-state index in [4.69, 9.17) is 5.73 Å². The molecule has 2 N–H and O–H groups in total. The molecule has 1 fully saturated rings. The molecule has 1 aliphatic rings. The van der Waals surface area contributed by atoms with E-state index in [-0.39, 0.29) is 6.04 Å². The van der Waals surface area contributed by atoms with Crippen LogP contribution in [0.4, 0.5) is 0 Å². The first-order valence-electron chi connectivity index (χ1n) is 6.66. The molecule has 100 valence electrons. The van der Waals surface area contributed by atoms with Crippen molar-refractivity contribution in [1.82, 2.24) is 9.97 Å². The molecule has 4 heteroatoms. The molecule has 3 atom stereocenters. The third-order valence-corrected chi connectivity index (χ3v) is 5.13. The topological polar surface area (TPSA) is 51.8 Å². The van der Waals surface area contributed by atoms with Gasteiger partial charge in [0.1, 0.15) is 0 Å². The number of nitrogens with zero attached hydrogens (tertiary/aromatic N) is 2. The number of thioether (sulfide) groups is 1. The molecule has 1 aromatic heterocycles. The van der Waals surface area contributed by atoms with E-state index in [2.05, 4.69) is 30.7 Å². The Bertz CT molecular complexity index is 374. The fourth-order valence-corrected chi connectivity index (χ4v) is 3.71. The van der Waals surface area contributed by atoms with Crippen molar-refractivity contribution in [3.05, 3.63) is 18.5 Å². The molecule has 1 aromatic rings. The van der Waals surface area contributed by atoms with Gasteiger partial charge in [0.2, 0.25) is 0 Å². The zero-order valence-corrected chi connectivity index (χ0v) is 12.3. The largest absolute Gasteiger partial charge is 0.327 e. The highest BCUT2D eigenvalue weighted by atomic mass is 32.2. The van der Waals surface area contributed by atoms with Crippen LogP contribution in [0.3, 0.4) is 0 Å². The molecule has 0 amide bonds. The van der Waals surface area contributed by atoms with Crippen LogP contribution in [0.15, 0.2) is 23.6 Å². The highest BCUT2D eigenvalue weighted by Gasteiger charge is 2.35. The van der Waals surface area contributed by atoms with Gasteiger partial charge >= 0.3 is 0 Å². The molecule has 2 rings (SSSR count). The zero-order valence-electron chi connectivity index (χ0n) is 11.5. The lowest BCUT2D eigenvalue weighted by Crippen LogP contribution is -2.41. The number of hydrogen-bond donors (Lipinski definition) is 1. The summed E-state index contributed by atoms with van der Waals surface area (Å²) < 4.78 is 0. The van der Waals surface area contributed by atoms with Gasteiger partial charge in [-0.15, -0.1) is 0 Å². The summed E-state index contributed by atoms with van der Waals surface area (Å²) in [6.07, 6.45) is 7.13. The number of aromatic nitrogens is 2. The fourth-order valence-electron chi connectivity index (χ4n) is 2.56. The maximum Gasteiger partial charge on any atom is 0.187 e. The molecular weight excluding hydrogens is 242 g/mol. The maximum absolute atomic E-state index is 6.26. The second-order valence-electron chi connectivity index (χ2n) is 6.23. The molecule has 18 heavy (non-hydrogen) atoms. The van der Waals surface area contributed by atoms with E-state index < -0.39 is 0 Å². The van der Waals surface area contributed by atoms with Crippen molar-refractivity contribution < 1.29 is 0 Å². The van der Waals surface area contributed by atoms with E-state index in [9.17, 15) is 0 Å². The Morgan fingerprint density at radius 2 is 1.89 bits per heavy atom. The van der Waals surface area contributed by atoms with Crippen LogP contribution >= 0.6 is 11.8 Å². The van der Waals surface area contributed by atoms with Crippen LogP contribution in [0.1, 0.15) is 40.0 Å². The van der Waals surface area contributed by atoms with E-state index in [1.165, 1.54) is 12.8 Å². The Balaban J connectivity index is 2.02. The van der Waals surface area contributed by atoms with Gasteiger partial charge in [0.05, 0.1) is 0 Å². The summed E-state index contributed by atoms with van der Waals surface area (Å²) in [4.78, 5) is 8.58. The highest BCUT2D eigenvalue weighted by molar-refractivity contribution is 7.99. The molecule has 0 radical (unpaired) electrons. The minimum atomic E-state index is 0.275. The molecule has 3 nitrogen and oxygen atoms in total. The van der Waals surface area contributed by atoms with Gasteiger partial charge in [-0.3, -0.25) is 0 Å². The van der Waals surface area contributed by atoms with Gasteiger partial charge < -0.3 is 5.73 Å². The Morgan fingerprint density at radius 1 is 1.22 bits per heavy atom. The lowest BCUT2D eigenvalue weighted by Gasteiger charge is -2.40. The van der Waals surface area contributed by atoms with Gasteiger partial charge in [0.25, 0.3) is 0 Å². The molecule has 0 aromatic carbocycles. The van der Waals surface area contributed by atoms with Crippen LogP contribution < -0.4 is 5.73 Å². The van der Waals surface area contributed by atoms with E-state index in [0.717, 1.165) is 17.5 Å². The van der Waals surface area contributed by atoms with Crippen molar-refractivity contribution in [2.75, 3.05) is 0 Å². The molecule has 0 saturated heterocycles. The van der Waals surface area contributed by atoms with Crippen LogP contribution in [0.25, 0.3) is 0 Å². The Morgan fingerprint density at radius 3 is 2.50 bits per heavy atom. The summed E-state index contributed by atoms with van der Waals surface area (Å²) in [5.41, 5.74) is 6.63. The van der Waals surface area contributed by atoms with Crippen LogP contribution in [0, 0.1) is 11.3 Å². The van der Waals surface area contributed by atoms with Crippen molar-refractivity contribution in [3.8, 4) is 0 Å². The first-order chi connectivity index (χ1) is 8.47. The van der Waals surface area contributed by atoms with Crippen molar-refractivity contribution >= 4 is 11.8 Å². The van der Waals surface area contributed by atoms with Crippen LogP contribution in [-0.4, -0.2) is 21.3 Å². The second-order valence-corrected chi connectivity index (χ2v) is 7.43. The molecular formula is C14H23N3S. The maximum atomic E-state index is 6.26. The third kappa shape index (κ3) is 3.45. The number of rotatable bonds is 2. The van der Waals surface area contributed by atoms with Crippen LogP contribution in [-0.2, 0) is 0 Å². The van der Waals surface area contributed by atoms with E-state index in [0.29, 0.717) is 10.7 Å². The summed E-state index contributed by atoms with van der Waals surface area (Å²) in [6, 6.07) is 2.13. The van der Waals surface area contributed by atoms with Gasteiger partial charge in [-0.2, -0.15) is 0 Å². The van der Waals surface area contributed by atoms with Crippen molar-refractivity contribution in [2.45, 2.75) is 56.5 Å². The van der Waals surface area contributed by atoms with E-state index in [1.54, 1.807) is 24.2 Å². The molecule has 3 unspecified atom stereocenters. The van der Waals surface area contributed by atoms with Gasteiger partial charge in [-0.25, -0.2) is 9.97 Å². The number of nitrogens with two attached hydrogens (primary N) is 1. The highest BCUT2D eigenvalue weighted by Crippen LogP contribution is 2.42. The number of hydrogen-bond acceptors (Lipinski definition) is 4. The SMILES string of the molecule is CC(C)(C)C1CCC(N)C(Sc2ncccn2)C1. The predicted octanol–water partition coefficient (Wildman–Crippen LogP) is 3.11. The minimum Gasteiger partial charge on any atom is -0.327 e. The zero-order chi connectivity index (χ0) is 13.2. The van der Waals surface area contributed by atoms with Gasteiger partial charge in [0, 0.05) is 23.7 Å². The Hall–Kier alpha value is -0.610. The third-order valence-electron chi connectivity index (χ3n) is 3.87. The normalized spacial score (nSPS) is 29.2. The molecule has 1 heterocycles. The second kappa shape index (κ2) is 5.57. The summed E-state index contributed by atoms with van der Waals surface area (Å²) in [5, 5.41) is 1.30. The summed E-state index contributed by atoms with van der Waals surface area (Å²) in [5.74, 6) is 0.749. The Labute approximate surface area is 114 Å². The van der Waals surface area contributed by atoms with Crippen molar-refractivity contribution in [3.63, 3.8) is 0 Å². The quantitative estimate of drug-likeness (QED) is 0.835. The summed E-state index contributed by atoms with van der Waals surface area (Å²) in [7, 11) is 0. The van der Waals surface area contributed by atoms with Gasteiger partial charge in [0.15, 0.2) is 5.16 Å². The average molecular weight is 265 g/mol. The van der Waals surface area contributed by atoms with E-state index >= 15 is 0 Å². The van der Waals surface area contributed by atoms with Gasteiger partial charge in [-0.05, 0) is 36.7 Å². The first-order valence-corrected chi connectivity index (χ1v) is 7.54. The average Bonchev–Trinajstić information content (AvgIpc) is 2.32. The first kappa shape index (κ1) is 13.8. The van der Waals surface area contributed by atoms with Crippen LogP contribution in [0.2, 0.25) is 0 Å². The smallest absolute Gasteiger partial charge is 0.187 e. The molecule has 0 bridgehead atoms. The minimum absolute atomic E-state index is 0.275. The summed E-state index contributed by atoms with van der Waals surface area (Å²) >= 11 is 1.75. The standard InChI is InChI=1S/C14H23N3S/c1-14(2,3)10-5-6-11(15)12(9-10)18-13-16-7-4-8-17-13/h4,7-8,10-12H,5-6,9,15H2,1-3H3. The molecule has 0 aliphatic heterocycles. The molecule has 1 saturated carbocycles. The summed E-state index contributed by atoms with van der Waals surface area (Å²) in [6.45, 7) is 6.99. The van der Waals surface area contributed by atoms with Crippen molar-refractivity contribution in [2.24, 2.45) is 17.1 Å². The molecule has 1 aliphatic carbocycles. The Kier molecular flexibility index (Phi) is 4.28. The van der Waals surface area contributed by atoms with Gasteiger partial charge in [-0.1, -0.05) is 32.5 Å². The van der Waals surface area contributed by atoms with E-state index in [1.807, 2.05) is 6.07 Å². The fraction of sp³-hybridized carbons (Fsp3) is 0.714. The lowest BCUT2D eigenvalue weighted by molar-refractivity contribution is 0.174. The predicted molar refractivity (Wildman–Crippen MR) is 76.4 cm³/mol. The lowest BCUT2D eigenvalue weighted by atomic mass is 9.71. The van der Waals surface area contributed by atoms with Crippen LogP contribution in [0.5, 0.6) is 0 Å². The van der Waals surface area contributed by atoms with Crippen molar-refractivity contribution in [1.29, 1.82) is 0 Å². The molecule has 0 spiro atoms. The monoisotopic (exact) mass is 265 g/mol.